The van der Waals surface area contributed by atoms with E-state index in [1.165, 1.54) is 0 Å². The Balaban J connectivity index is 2.80. The van der Waals surface area contributed by atoms with Crippen LogP contribution in [-0.2, 0) is 20.9 Å². The van der Waals surface area contributed by atoms with Gasteiger partial charge in [-0.2, -0.15) is 0 Å². The number of esters is 1. The van der Waals surface area contributed by atoms with Crippen molar-refractivity contribution in [2.45, 2.75) is 39.5 Å². The average Bonchev–Trinajstić information content (AvgIpc) is 2.47. The van der Waals surface area contributed by atoms with E-state index >= 15 is 0 Å². The molecule has 1 aromatic carbocycles. The van der Waals surface area contributed by atoms with Gasteiger partial charge >= 0.3 is 5.97 Å². The van der Waals surface area contributed by atoms with Crippen LogP contribution in [0.4, 0.5) is 0 Å². The molecule has 0 heterocycles. The molecule has 0 amide bonds. The number of ether oxygens (including phenoxy) is 3. The minimum absolute atomic E-state index is 0.0194. The Bertz CT molecular complexity index is 462. The molecule has 1 N–H and O–H groups in total. The fourth-order valence-electron chi connectivity index (χ4n) is 2.14. The molecule has 0 fully saturated rings. The van der Waals surface area contributed by atoms with E-state index in [4.69, 9.17) is 14.2 Å². The van der Waals surface area contributed by atoms with Gasteiger partial charge in [-0.3, -0.25) is 10.1 Å². The van der Waals surface area contributed by atoms with Gasteiger partial charge in [-0.25, -0.2) is 0 Å². The van der Waals surface area contributed by atoms with Crippen LogP contribution in [-0.4, -0.2) is 32.8 Å². The van der Waals surface area contributed by atoms with E-state index in [0.29, 0.717) is 13.2 Å². The monoisotopic (exact) mass is 295 g/mol. The van der Waals surface area contributed by atoms with Gasteiger partial charge in [-0.1, -0.05) is 6.07 Å². The maximum Gasteiger partial charge on any atom is 0.322 e. The van der Waals surface area contributed by atoms with Crippen LogP contribution in [0.2, 0.25) is 0 Å². The van der Waals surface area contributed by atoms with E-state index in [9.17, 15) is 4.79 Å². The Morgan fingerprint density at radius 2 is 2.00 bits per heavy atom. The van der Waals surface area contributed by atoms with Crippen molar-refractivity contribution in [1.82, 2.24) is 5.32 Å². The number of carbonyl (C=O) groups is 1. The van der Waals surface area contributed by atoms with Gasteiger partial charge in [-0.15, -0.1) is 0 Å². The molecule has 0 aromatic heterocycles. The van der Waals surface area contributed by atoms with Gasteiger partial charge in [0.15, 0.2) is 0 Å². The van der Waals surface area contributed by atoms with Crippen molar-refractivity contribution < 1.29 is 19.0 Å². The summed E-state index contributed by atoms with van der Waals surface area (Å²) in [6, 6.07) is 5.58. The summed E-state index contributed by atoms with van der Waals surface area (Å²) < 4.78 is 15.5. The Labute approximate surface area is 126 Å². The summed E-state index contributed by atoms with van der Waals surface area (Å²) >= 11 is 0. The highest BCUT2D eigenvalue weighted by atomic mass is 16.5. The minimum Gasteiger partial charge on any atom is -0.496 e. The largest absolute Gasteiger partial charge is 0.496 e. The molecule has 0 aliphatic heterocycles. The molecule has 0 saturated heterocycles. The first-order valence-corrected chi connectivity index (χ1v) is 7.11. The molecule has 0 saturated carbocycles. The molecule has 0 aliphatic carbocycles. The topological polar surface area (TPSA) is 56.8 Å². The zero-order valence-corrected chi connectivity index (χ0v) is 13.4. The zero-order valence-electron chi connectivity index (χ0n) is 13.4. The summed E-state index contributed by atoms with van der Waals surface area (Å²) in [6.07, 6.45) is 0. The first kappa shape index (κ1) is 17.5. The predicted octanol–water partition coefficient (Wildman–Crippen LogP) is 2.44. The highest BCUT2D eigenvalue weighted by Gasteiger charge is 2.18. The van der Waals surface area contributed by atoms with Crippen molar-refractivity contribution >= 4 is 5.97 Å². The molecule has 0 bridgehead atoms. The number of hydrogen-bond donors (Lipinski definition) is 1. The van der Waals surface area contributed by atoms with E-state index < -0.39 is 0 Å². The number of nitrogens with one attached hydrogen (secondary N) is 1. The summed E-state index contributed by atoms with van der Waals surface area (Å²) in [4.78, 5) is 11.7. The van der Waals surface area contributed by atoms with Crippen LogP contribution < -0.4 is 10.1 Å². The van der Waals surface area contributed by atoms with Crippen LogP contribution in [0.15, 0.2) is 18.2 Å². The van der Waals surface area contributed by atoms with Crippen LogP contribution in [0.1, 0.15) is 37.9 Å². The molecule has 0 spiro atoms. The van der Waals surface area contributed by atoms with Crippen LogP contribution in [0.25, 0.3) is 0 Å². The molecule has 0 aliphatic rings. The first-order valence-electron chi connectivity index (χ1n) is 7.11. The van der Waals surface area contributed by atoms with E-state index in [1.807, 2.05) is 25.1 Å². The van der Waals surface area contributed by atoms with Gasteiger partial charge in [0.2, 0.25) is 0 Å². The third kappa shape index (κ3) is 5.02. The first-order chi connectivity index (χ1) is 10.0. The number of methoxy groups -OCH3 is 2. The molecule has 2 atom stereocenters. The lowest BCUT2D eigenvalue weighted by Crippen LogP contribution is -2.37. The van der Waals surface area contributed by atoms with Crippen molar-refractivity contribution in [2.24, 2.45) is 0 Å². The highest BCUT2D eigenvalue weighted by Crippen LogP contribution is 2.24. The molecule has 21 heavy (non-hydrogen) atoms. The molecule has 5 nitrogen and oxygen atoms in total. The Morgan fingerprint density at radius 3 is 2.57 bits per heavy atom. The zero-order chi connectivity index (χ0) is 15.8. The van der Waals surface area contributed by atoms with Crippen molar-refractivity contribution in [2.75, 3.05) is 20.8 Å². The Hall–Kier alpha value is -1.59. The fourth-order valence-corrected chi connectivity index (χ4v) is 2.14. The standard InChI is InChI=1S/C16H25NO4/c1-6-21-16(18)12(3)17-11(2)13-7-8-15(20-5)14(9-13)10-19-4/h7-9,11-12,17H,6,10H2,1-5H3. The third-order valence-corrected chi connectivity index (χ3v) is 3.24. The lowest BCUT2D eigenvalue weighted by Gasteiger charge is -2.20. The van der Waals surface area contributed by atoms with Gasteiger partial charge in [-0.05, 0) is 38.5 Å². The van der Waals surface area contributed by atoms with Gasteiger partial charge < -0.3 is 14.2 Å². The molecule has 118 valence electrons. The second-order valence-corrected chi connectivity index (χ2v) is 4.87. The van der Waals surface area contributed by atoms with Crippen LogP contribution in [0.3, 0.4) is 0 Å². The molecule has 5 heteroatoms. The van der Waals surface area contributed by atoms with Crippen LogP contribution in [0, 0.1) is 0 Å². The molecule has 0 radical (unpaired) electrons. The predicted molar refractivity (Wildman–Crippen MR) is 81.4 cm³/mol. The fraction of sp³-hybridized carbons (Fsp3) is 0.562. The summed E-state index contributed by atoms with van der Waals surface area (Å²) in [5, 5.41) is 3.23. The van der Waals surface area contributed by atoms with Gasteiger partial charge in [0.05, 0.1) is 20.3 Å². The number of rotatable bonds is 8. The third-order valence-electron chi connectivity index (χ3n) is 3.24. The maximum absolute atomic E-state index is 11.7. The summed E-state index contributed by atoms with van der Waals surface area (Å²) in [5.74, 6) is 0.557. The average molecular weight is 295 g/mol. The van der Waals surface area contributed by atoms with Crippen molar-refractivity contribution in [3.63, 3.8) is 0 Å². The molecule has 1 rings (SSSR count). The lowest BCUT2D eigenvalue weighted by atomic mass is 10.0. The molecule has 2 unspecified atom stereocenters. The summed E-state index contributed by atoms with van der Waals surface area (Å²) in [5.41, 5.74) is 2.05. The van der Waals surface area contributed by atoms with Crippen LogP contribution in [0.5, 0.6) is 5.75 Å². The molecular formula is C16H25NO4. The van der Waals surface area contributed by atoms with Crippen molar-refractivity contribution in [3.8, 4) is 5.75 Å². The highest BCUT2D eigenvalue weighted by molar-refractivity contribution is 5.75. The van der Waals surface area contributed by atoms with E-state index in [0.717, 1.165) is 16.9 Å². The van der Waals surface area contributed by atoms with E-state index in [1.54, 1.807) is 28.1 Å². The molecule has 1 aromatic rings. The Kier molecular flexibility index (Phi) is 7.19. The van der Waals surface area contributed by atoms with Crippen molar-refractivity contribution in [3.05, 3.63) is 29.3 Å². The number of benzene rings is 1. The lowest BCUT2D eigenvalue weighted by molar-refractivity contribution is -0.145. The SMILES string of the molecule is CCOC(=O)C(C)NC(C)c1ccc(OC)c(COC)c1. The quantitative estimate of drug-likeness (QED) is 0.747. The van der Waals surface area contributed by atoms with Gasteiger partial charge in [0, 0.05) is 18.7 Å². The van der Waals surface area contributed by atoms with Crippen molar-refractivity contribution in [1.29, 1.82) is 0 Å². The second kappa shape index (κ2) is 8.64. The minimum atomic E-state index is -0.354. The van der Waals surface area contributed by atoms with E-state index in [-0.39, 0.29) is 18.1 Å². The van der Waals surface area contributed by atoms with Gasteiger partial charge in [0.1, 0.15) is 11.8 Å². The Morgan fingerprint density at radius 1 is 1.29 bits per heavy atom. The number of carbonyl (C=O) groups excluding carboxylic acids is 1. The second-order valence-electron chi connectivity index (χ2n) is 4.87. The van der Waals surface area contributed by atoms with E-state index in [2.05, 4.69) is 5.32 Å². The smallest absolute Gasteiger partial charge is 0.322 e. The summed E-state index contributed by atoms with van der Waals surface area (Å²) in [7, 11) is 3.29. The molecular weight excluding hydrogens is 270 g/mol. The normalized spacial score (nSPS) is 13.6. The van der Waals surface area contributed by atoms with Gasteiger partial charge in [0.25, 0.3) is 0 Å². The maximum atomic E-state index is 11.7. The summed E-state index contributed by atoms with van der Waals surface area (Å²) in [6.45, 7) is 6.48. The van der Waals surface area contributed by atoms with Crippen LogP contribution >= 0.6 is 0 Å². The number of hydrogen-bond acceptors (Lipinski definition) is 5.